The van der Waals surface area contributed by atoms with E-state index in [2.05, 4.69) is 0 Å². The number of hydrogen-bond donors (Lipinski definition) is 2. The van der Waals surface area contributed by atoms with Crippen molar-refractivity contribution in [3.8, 4) is 16.9 Å². The number of sulfonamides is 1. The van der Waals surface area contributed by atoms with E-state index in [1.807, 2.05) is 49.4 Å². The molecule has 27 heavy (non-hydrogen) atoms. The molecule has 0 bridgehead atoms. The lowest BCUT2D eigenvalue weighted by atomic mass is 9.90. The van der Waals surface area contributed by atoms with Gasteiger partial charge in [0.05, 0.1) is 23.2 Å². The predicted molar refractivity (Wildman–Crippen MR) is 104 cm³/mol. The minimum Gasteiger partial charge on any atom is -0.508 e. The quantitative estimate of drug-likeness (QED) is 0.723. The average Bonchev–Trinajstić information content (AvgIpc) is 2.68. The van der Waals surface area contributed by atoms with Crippen molar-refractivity contribution in [2.75, 3.05) is 4.31 Å². The summed E-state index contributed by atoms with van der Waals surface area (Å²) in [7, 11) is -3.91. The van der Waals surface area contributed by atoms with Crippen LogP contribution in [0.15, 0.2) is 71.6 Å². The van der Waals surface area contributed by atoms with Crippen LogP contribution in [-0.2, 0) is 16.6 Å². The average molecular weight is 381 g/mol. The van der Waals surface area contributed by atoms with Crippen LogP contribution in [0, 0.1) is 0 Å². The molecule has 1 atom stereocenters. The van der Waals surface area contributed by atoms with Crippen LogP contribution in [0.4, 0.5) is 5.69 Å². The van der Waals surface area contributed by atoms with E-state index in [-0.39, 0.29) is 16.2 Å². The fourth-order valence-corrected chi connectivity index (χ4v) is 5.34. The topological polar surface area (TPSA) is 77.8 Å². The summed E-state index contributed by atoms with van der Waals surface area (Å²) in [4.78, 5) is 0.0328. The number of aromatic hydroxyl groups is 1. The summed E-state index contributed by atoms with van der Waals surface area (Å²) in [5.74, 6) is -0.131. The van der Waals surface area contributed by atoms with Gasteiger partial charge in [-0.3, -0.25) is 4.31 Å². The van der Waals surface area contributed by atoms with Crippen molar-refractivity contribution in [3.05, 3.63) is 77.9 Å². The van der Waals surface area contributed by atoms with Gasteiger partial charge in [0.1, 0.15) is 5.75 Å². The highest BCUT2D eigenvalue weighted by Gasteiger charge is 2.36. The first-order chi connectivity index (χ1) is 12.9. The first-order valence-electron chi connectivity index (χ1n) is 8.60. The zero-order valence-electron chi connectivity index (χ0n) is 14.7. The third-order valence-electron chi connectivity index (χ3n) is 4.97. The Morgan fingerprint density at radius 2 is 1.63 bits per heavy atom. The number of aliphatic hydroxyl groups excluding tert-OH is 1. The van der Waals surface area contributed by atoms with Crippen LogP contribution in [0.25, 0.3) is 11.1 Å². The number of aliphatic hydroxyl groups is 1. The third kappa shape index (κ3) is 2.69. The summed E-state index contributed by atoms with van der Waals surface area (Å²) in [6, 6.07) is 18.8. The number of para-hydroxylation sites is 1. The van der Waals surface area contributed by atoms with Crippen molar-refractivity contribution in [1.29, 1.82) is 0 Å². The van der Waals surface area contributed by atoms with Crippen LogP contribution in [0.2, 0.25) is 0 Å². The highest BCUT2D eigenvalue weighted by molar-refractivity contribution is 7.92. The lowest BCUT2D eigenvalue weighted by molar-refractivity contribution is 0.275. The lowest BCUT2D eigenvalue weighted by Crippen LogP contribution is -2.36. The van der Waals surface area contributed by atoms with Gasteiger partial charge in [0.25, 0.3) is 10.0 Å². The minimum absolute atomic E-state index is 0.0328. The first kappa shape index (κ1) is 17.6. The Morgan fingerprint density at radius 1 is 0.963 bits per heavy atom. The van der Waals surface area contributed by atoms with Crippen LogP contribution < -0.4 is 4.31 Å². The number of fused-ring (bicyclic) bond motifs is 3. The Labute approximate surface area is 158 Å². The predicted octanol–water partition coefficient (Wildman–Crippen LogP) is 3.82. The van der Waals surface area contributed by atoms with Gasteiger partial charge in [-0.2, -0.15) is 0 Å². The minimum atomic E-state index is -3.91. The summed E-state index contributed by atoms with van der Waals surface area (Å²) in [6.07, 6.45) is 0. The molecule has 138 valence electrons. The highest BCUT2D eigenvalue weighted by Crippen LogP contribution is 2.46. The molecule has 0 aliphatic carbocycles. The van der Waals surface area contributed by atoms with Gasteiger partial charge in [-0.25, -0.2) is 8.42 Å². The van der Waals surface area contributed by atoms with Crippen LogP contribution in [0.5, 0.6) is 5.75 Å². The van der Waals surface area contributed by atoms with E-state index in [1.54, 1.807) is 6.07 Å². The molecule has 0 saturated heterocycles. The smallest absolute Gasteiger partial charge is 0.264 e. The fraction of sp³-hybridized carbons (Fsp3) is 0.143. The summed E-state index contributed by atoms with van der Waals surface area (Å²) in [5, 5.41) is 19.2. The molecule has 4 rings (SSSR count). The standard InChI is InChI=1S/C21H19NO4S/c1-14-17-6-2-3-7-18(17)19-8-4-5-9-20(19)22(14)27(25,26)16-10-11-21(24)15(12-16)13-23/h2-12,14,23-24H,13H2,1H3. The van der Waals surface area contributed by atoms with Crippen molar-refractivity contribution in [3.63, 3.8) is 0 Å². The second kappa shape index (κ2) is 6.40. The van der Waals surface area contributed by atoms with Gasteiger partial charge < -0.3 is 10.2 Å². The normalized spacial score (nSPS) is 15.9. The zero-order valence-corrected chi connectivity index (χ0v) is 15.5. The number of phenols is 1. The van der Waals surface area contributed by atoms with Gasteiger partial charge in [-0.15, -0.1) is 0 Å². The number of rotatable bonds is 3. The molecule has 0 spiro atoms. The first-order valence-corrected chi connectivity index (χ1v) is 10.0. The molecule has 0 amide bonds. The molecule has 3 aromatic rings. The van der Waals surface area contributed by atoms with Crippen LogP contribution >= 0.6 is 0 Å². The lowest BCUT2D eigenvalue weighted by Gasteiger charge is -2.37. The van der Waals surface area contributed by atoms with Gasteiger partial charge in [0.2, 0.25) is 0 Å². The molecule has 1 heterocycles. The maximum atomic E-state index is 13.5. The van der Waals surface area contributed by atoms with Crippen molar-refractivity contribution in [2.24, 2.45) is 0 Å². The second-order valence-corrected chi connectivity index (χ2v) is 8.34. The maximum Gasteiger partial charge on any atom is 0.264 e. The number of hydrogen-bond acceptors (Lipinski definition) is 4. The van der Waals surface area contributed by atoms with Crippen LogP contribution in [-0.4, -0.2) is 18.6 Å². The molecule has 0 radical (unpaired) electrons. The van der Waals surface area contributed by atoms with E-state index in [4.69, 9.17) is 0 Å². The van der Waals surface area contributed by atoms with Crippen LogP contribution in [0.1, 0.15) is 24.1 Å². The fourth-order valence-electron chi connectivity index (χ4n) is 3.64. The molecule has 1 unspecified atom stereocenters. The van der Waals surface area contributed by atoms with Gasteiger partial charge >= 0.3 is 0 Å². The van der Waals surface area contributed by atoms with E-state index < -0.39 is 22.7 Å². The summed E-state index contributed by atoms with van der Waals surface area (Å²) in [5.41, 5.74) is 3.60. The Balaban J connectivity index is 1.93. The van der Waals surface area contributed by atoms with Crippen molar-refractivity contribution < 1.29 is 18.6 Å². The van der Waals surface area contributed by atoms with E-state index in [1.165, 1.54) is 22.5 Å². The molecular formula is C21H19NO4S. The molecule has 0 aromatic heterocycles. The summed E-state index contributed by atoms with van der Waals surface area (Å²) >= 11 is 0. The van der Waals surface area contributed by atoms with E-state index in [0.29, 0.717) is 5.69 Å². The summed E-state index contributed by atoms with van der Waals surface area (Å²) < 4.78 is 28.4. The molecule has 0 fully saturated rings. The molecule has 3 aromatic carbocycles. The zero-order chi connectivity index (χ0) is 19.2. The van der Waals surface area contributed by atoms with Crippen molar-refractivity contribution >= 4 is 15.7 Å². The Kier molecular flexibility index (Phi) is 4.17. The van der Waals surface area contributed by atoms with Gasteiger partial charge in [-0.1, -0.05) is 42.5 Å². The Bertz CT molecular complexity index is 1120. The van der Waals surface area contributed by atoms with Gasteiger partial charge in [0.15, 0.2) is 0 Å². The molecule has 6 heteroatoms. The van der Waals surface area contributed by atoms with E-state index in [9.17, 15) is 18.6 Å². The molecular weight excluding hydrogens is 362 g/mol. The Morgan fingerprint density at radius 3 is 2.37 bits per heavy atom. The SMILES string of the molecule is CC1c2ccccc2-c2ccccc2N1S(=O)(=O)c1ccc(O)c(CO)c1. The van der Waals surface area contributed by atoms with E-state index >= 15 is 0 Å². The van der Waals surface area contributed by atoms with Crippen LogP contribution in [0.3, 0.4) is 0 Å². The third-order valence-corrected chi connectivity index (χ3v) is 6.85. The second-order valence-electron chi connectivity index (χ2n) is 6.53. The van der Waals surface area contributed by atoms with Gasteiger partial charge in [0, 0.05) is 11.1 Å². The number of anilines is 1. The number of benzene rings is 3. The van der Waals surface area contributed by atoms with Crippen molar-refractivity contribution in [2.45, 2.75) is 24.5 Å². The van der Waals surface area contributed by atoms with Gasteiger partial charge in [-0.05, 0) is 42.3 Å². The maximum absolute atomic E-state index is 13.5. The molecule has 2 N–H and O–H groups in total. The monoisotopic (exact) mass is 381 g/mol. The molecule has 0 saturated carbocycles. The molecule has 1 aliphatic rings. The summed E-state index contributed by atoms with van der Waals surface area (Å²) in [6.45, 7) is 1.42. The largest absolute Gasteiger partial charge is 0.508 e. The molecule has 5 nitrogen and oxygen atoms in total. The van der Waals surface area contributed by atoms with Crippen molar-refractivity contribution in [1.82, 2.24) is 0 Å². The molecule has 1 aliphatic heterocycles. The van der Waals surface area contributed by atoms with E-state index in [0.717, 1.165) is 16.7 Å². The highest BCUT2D eigenvalue weighted by atomic mass is 32.2. The number of nitrogens with zero attached hydrogens (tertiary/aromatic N) is 1. The Hall–Kier alpha value is -2.83.